The van der Waals surface area contributed by atoms with Gasteiger partial charge in [0.1, 0.15) is 0 Å². The summed E-state index contributed by atoms with van der Waals surface area (Å²) in [4.78, 5) is 0. The van der Waals surface area contributed by atoms with Crippen LogP contribution in [0.4, 0.5) is 5.25 Å². The van der Waals surface area contributed by atoms with Crippen molar-refractivity contribution in [1.29, 1.82) is 0 Å². The van der Waals surface area contributed by atoms with Crippen molar-refractivity contribution in [3.05, 3.63) is 55.6 Å². The number of halogens is 2. The normalized spacial score (nSPS) is 9.57. The standard InChI is InChI=1S/2C10H15.2FH.Zr/c2*1-6-7(2)9(4)10(5)8(6)3;;;/h2*1-5H3;2*1H;/q2*-1;;;+4/p-2. The quantitative estimate of drug-likeness (QED) is 0.431. The summed E-state index contributed by atoms with van der Waals surface area (Å²) in [6, 6.07) is 0. The molecular weight excluding hydrogens is 369 g/mol. The second-order valence-corrected chi connectivity index (χ2v) is 6.67. The van der Waals surface area contributed by atoms with Crippen LogP contribution in [0.5, 0.6) is 0 Å². The van der Waals surface area contributed by atoms with E-state index in [4.69, 9.17) is 0 Å². The Bertz CT molecular complexity index is 429. The Morgan fingerprint density at radius 2 is 0.652 bits per heavy atom. The van der Waals surface area contributed by atoms with E-state index in [9.17, 15) is 5.25 Å². The zero-order chi connectivity index (χ0) is 18.5. The molecule has 0 spiro atoms. The molecule has 0 bridgehead atoms. The SMILES string of the molecule is Cc1c(C)c(C)[c-](C)c1C.Cc1c(C)c(C)[c-](C)c1C.[F][Zr+2][F]. The molecule has 0 amide bonds. The molecule has 0 N–H and O–H groups in total. The predicted octanol–water partition coefficient (Wildman–Crippen LogP) is 6.73. The average molecular weight is 400 g/mol. The van der Waals surface area contributed by atoms with Crippen LogP contribution in [0.25, 0.3) is 0 Å². The monoisotopic (exact) mass is 398 g/mol. The number of hydrogen-bond acceptors (Lipinski definition) is 0. The third-order valence-electron chi connectivity index (χ3n) is 5.62. The average Bonchev–Trinajstić information content (AvgIpc) is 2.80. The van der Waals surface area contributed by atoms with Crippen molar-refractivity contribution in [2.24, 2.45) is 0 Å². The van der Waals surface area contributed by atoms with Crippen LogP contribution in [0.2, 0.25) is 0 Å². The van der Waals surface area contributed by atoms with Crippen LogP contribution in [0.15, 0.2) is 0 Å². The van der Waals surface area contributed by atoms with E-state index in [0.29, 0.717) is 0 Å². The summed E-state index contributed by atoms with van der Waals surface area (Å²) in [7, 11) is 0. The van der Waals surface area contributed by atoms with E-state index < -0.39 is 24.5 Å². The minimum atomic E-state index is -2.77. The molecule has 2 rings (SSSR count). The summed E-state index contributed by atoms with van der Waals surface area (Å²) in [6.07, 6.45) is 0. The molecule has 0 radical (unpaired) electrons. The van der Waals surface area contributed by atoms with Crippen molar-refractivity contribution in [1.82, 2.24) is 0 Å². The van der Waals surface area contributed by atoms with Gasteiger partial charge in [-0.15, -0.1) is 0 Å². The molecule has 0 aliphatic rings. The van der Waals surface area contributed by atoms with Gasteiger partial charge in [-0.2, -0.15) is 55.6 Å². The fraction of sp³-hybridized carbons (Fsp3) is 0.500. The molecule has 0 saturated carbocycles. The Kier molecular flexibility index (Phi) is 9.44. The Labute approximate surface area is 154 Å². The first-order chi connectivity index (χ1) is 10.5. The van der Waals surface area contributed by atoms with Gasteiger partial charge in [0.2, 0.25) is 0 Å². The molecule has 2 aromatic rings. The van der Waals surface area contributed by atoms with E-state index >= 15 is 0 Å². The van der Waals surface area contributed by atoms with Gasteiger partial charge in [0.05, 0.1) is 0 Å². The van der Waals surface area contributed by atoms with Gasteiger partial charge in [-0.25, -0.2) is 0 Å². The van der Waals surface area contributed by atoms with E-state index in [0.717, 1.165) is 0 Å². The third-order valence-corrected chi connectivity index (χ3v) is 5.62. The molecule has 0 heterocycles. The topological polar surface area (TPSA) is 0 Å². The van der Waals surface area contributed by atoms with Crippen LogP contribution in [0.1, 0.15) is 55.6 Å². The van der Waals surface area contributed by atoms with Crippen molar-refractivity contribution in [2.45, 2.75) is 69.2 Å². The first-order valence-corrected chi connectivity index (χ1v) is 9.74. The number of hydrogen-bond donors (Lipinski definition) is 0. The van der Waals surface area contributed by atoms with E-state index in [-0.39, 0.29) is 0 Å². The summed E-state index contributed by atoms with van der Waals surface area (Å²) < 4.78 is 19.6. The van der Waals surface area contributed by atoms with Gasteiger partial charge in [-0.05, 0) is 0 Å². The Balaban J connectivity index is 0.000000360. The number of rotatable bonds is 0. The molecule has 0 unspecified atom stereocenters. The zero-order valence-corrected chi connectivity index (χ0v) is 18.7. The summed E-state index contributed by atoms with van der Waals surface area (Å²) in [6.45, 7) is 22.0. The van der Waals surface area contributed by atoms with Crippen LogP contribution in [-0.4, -0.2) is 0 Å². The molecule has 0 aliphatic heterocycles. The van der Waals surface area contributed by atoms with Crippen LogP contribution >= 0.6 is 0 Å². The first kappa shape index (κ1) is 22.4. The molecule has 0 atom stereocenters. The van der Waals surface area contributed by atoms with E-state index in [2.05, 4.69) is 69.2 Å². The molecular formula is C20H30F2Zr. The molecule has 23 heavy (non-hydrogen) atoms. The maximum atomic E-state index is 9.80. The molecule has 0 saturated heterocycles. The molecule has 0 aliphatic carbocycles. The second-order valence-electron chi connectivity index (χ2n) is 6.32. The van der Waals surface area contributed by atoms with Crippen molar-refractivity contribution < 1.29 is 29.7 Å². The fourth-order valence-electron chi connectivity index (χ4n) is 2.81. The van der Waals surface area contributed by atoms with Crippen molar-refractivity contribution in [2.75, 3.05) is 0 Å². The second kappa shape index (κ2) is 9.67. The summed E-state index contributed by atoms with van der Waals surface area (Å²) in [5.74, 6) is 0. The zero-order valence-electron chi connectivity index (χ0n) is 16.3. The Hall–Kier alpha value is -0.557. The summed E-state index contributed by atoms with van der Waals surface area (Å²) in [5.41, 5.74) is 14.7. The van der Waals surface area contributed by atoms with Crippen LogP contribution < -0.4 is 0 Å². The molecule has 2 aromatic carbocycles. The summed E-state index contributed by atoms with van der Waals surface area (Å²) >= 11 is -2.77. The van der Waals surface area contributed by atoms with Gasteiger partial charge >= 0.3 is 29.7 Å². The minimum absolute atomic E-state index is 1.47. The van der Waals surface area contributed by atoms with Crippen LogP contribution in [0.3, 0.4) is 0 Å². The third kappa shape index (κ3) is 5.21. The van der Waals surface area contributed by atoms with E-state index in [1.807, 2.05) is 0 Å². The van der Waals surface area contributed by atoms with Crippen LogP contribution in [0, 0.1) is 69.2 Å². The Morgan fingerprint density at radius 1 is 0.522 bits per heavy atom. The molecule has 128 valence electrons. The van der Waals surface area contributed by atoms with Crippen LogP contribution in [-0.2, 0) is 24.5 Å². The first-order valence-electron chi connectivity index (χ1n) is 7.88. The molecule has 0 fully saturated rings. The molecule has 0 aromatic heterocycles. The fourth-order valence-corrected chi connectivity index (χ4v) is 2.81. The van der Waals surface area contributed by atoms with Crippen molar-refractivity contribution in [3.8, 4) is 0 Å². The predicted molar refractivity (Wildman–Crippen MR) is 93.7 cm³/mol. The van der Waals surface area contributed by atoms with E-state index in [1.165, 1.54) is 55.6 Å². The maximum absolute atomic E-state index is 9.80. The van der Waals surface area contributed by atoms with Gasteiger partial charge in [0.25, 0.3) is 0 Å². The Morgan fingerprint density at radius 3 is 0.696 bits per heavy atom. The van der Waals surface area contributed by atoms with Gasteiger partial charge < -0.3 is 0 Å². The summed E-state index contributed by atoms with van der Waals surface area (Å²) in [5, 5.41) is 0. The molecule has 0 nitrogen and oxygen atoms in total. The van der Waals surface area contributed by atoms with E-state index in [1.54, 1.807) is 0 Å². The van der Waals surface area contributed by atoms with Gasteiger partial charge in [-0.1, -0.05) is 69.2 Å². The van der Waals surface area contributed by atoms with Gasteiger partial charge in [-0.3, -0.25) is 0 Å². The van der Waals surface area contributed by atoms with Crippen molar-refractivity contribution in [3.63, 3.8) is 0 Å². The van der Waals surface area contributed by atoms with Gasteiger partial charge in [0.15, 0.2) is 0 Å². The van der Waals surface area contributed by atoms with Crippen molar-refractivity contribution >= 4 is 0 Å². The van der Waals surface area contributed by atoms with Gasteiger partial charge in [0, 0.05) is 0 Å². The molecule has 3 heteroatoms.